The fraction of sp³-hybridized carbons (Fsp3) is 0.258. The Morgan fingerprint density at radius 3 is 2.47 bits per heavy atom. The summed E-state index contributed by atoms with van der Waals surface area (Å²) in [5.41, 5.74) is 7.55. The number of nitrogens with zero attached hydrogens (tertiary/aromatic N) is 2. The summed E-state index contributed by atoms with van der Waals surface area (Å²) >= 11 is 0. The van der Waals surface area contributed by atoms with E-state index in [4.69, 9.17) is 4.74 Å². The SMILES string of the molecule is C=CC(=O)Nc1cc(-c2c(-c3ccc(CCN(C)C)cc3)[nH]c3ncc(C(=O)OC(C)C)cc23)ccc1C. The number of nitrogens with one attached hydrogen (secondary N) is 2. The number of aryl methyl sites for hydroxylation is 1. The number of likely N-dealkylation sites (N-methyl/N-ethyl adjacent to an activating group) is 1. The molecular weight excluding hydrogens is 476 g/mol. The molecule has 0 aliphatic rings. The molecule has 2 aromatic heterocycles. The number of hydrogen-bond acceptors (Lipinski definition) is 5. The number of rotatable bonds is 9. The zero-order valence-corrected chi connectivity index (χ0v) is 22.6. The van der Waals surface area contributed by atoms with Gasteiger partial charge in [0.05, 0.1) is 17.4 Å². The van der Waals surface area contributed by atoms with Crippen LogP contribution in [0.1, 0.15) is 35.3 Å². The highest BCUT2D eigenvalue weighted by molar-refractivity contribution is 6.06. The lowest BCUT2D eigenvalue weighted by Gasteiger charge is -2.12. The van der Waals surface area contributed by atoms with Crippen LogP contribution in [0.4, 0.5) is 5.69 Å². The molecule has 38 heavy (non-hydrogen) atoms. The Morgan fingerprint density at radius 1 is 1.11 bits per heavy atom. The lowest BCUT2D eigenvalue weighted by Crippen LogP contribution is -2.14. The third-order valence-corrected chi connectivity index (χ3v) is 6.29. The van der Waals surface area contributed by atoms with Gasteiger partial charge in [-0.1, -0.05) is 43.0 Å². The average Bonchev–Trinajstić information content (AvgIpc) is 3.27. The van der Waals surface area contributed by atoms with Gasteiger partial charge in [0.1, 0.15) is 5.65 Å². The van der Waals surface area contributed by atoms with Crippen molar-refractivity contribution in [3.63, 3.8) is 0 Å². The van der Waals surface area contributed by atoms with Gasteiger partial charge in [-0.05, 0) is 81.7 Å². The zero-order chi connectivity index (χ0) is 27.4. The topological polar surface area (TPSA) is 87.3 Å². The Hall–Kier alpha value is -4.23. The Bertz CT molecular complexity index is 1480. The molecule has 0 saturated carbocycles. The Kier molecular flexibility index (Phi) is 8.08. The van der Waals surface area contributed by atoms with Crippen molar-refractivity contribution in [3.05, 3.63) is 84.1 Å². The summed E-state index contributed by atoms with van der Waals surface area (Å²) < 4.78 is 5.42. The van der Waals surface area contributed by atoms with Gasteiger partial charge in [0.15, 0.2) is 0 Å². The number of esters is 1. The van der Waals surface area contributed by atoms with Crippen molar-refractivity contribution < 1.29 is 14.3 Å². The van der Waals surface area contributed by atoms with Crippen LogP contribution in [-0.2, 0) is 16.0 Å². The van der Waals surface area contributed by atoms with E-state index in [-0.39, 0.29) is 12.0 Å². The molecular formula is C31H34N4O3. The van der Waals surface area contributed by atoms with Crippen LogP contribution in [0.25, 0.3) is 33.4 Å². The van der Waals surface area contributed by atoms with Crippen molar-refractivity contribution in [2.75, 3.05) is 26.0 Å². The van der Waals surface area contributed by atoms with Crippen LogP contribution in [-0.4, -0.2) is 53.5 Å². The van der Waals surface area contributed by atoms with Crippen LogP contribution < -0.4 is 5.32 Å². The van der Waals surface area contributed by atoms with Crippen molar-refractivity contribution in [3.8, 4) is 22.4 Å². The highest BCUT2D eigenvalue weighted by atomic mass is 16.5. The van der Waals surface area contributed by atoms with Crippen LogP contribution in [0.15, 0.2) is 67.4 Å². The molecule has 2 heterocycles. The van der Waals surface area contributed by atoms with E-state index in [1.807, 2.05) is 45.0 Å². The number of ether oxygens (including phenoxy) is 1. The van der Waals surface area contributed by atoms with Gasteiger partial charge in [-0.2, -0.15) is 0 Å². The molecule has 4 aromatic rings. The second kappa shape index (κ2) is 11.4. The summed E-state index contributed by atoms with van der Waals surface area (Å²) in [4.78, 5) is 35.0. The first-order chi connectivity index (χ1) is 18.2. The molecule has 0 spiro atoms. The number of benzene rings is 2. The Labute approximate surface area is 223 Å². The molecule has 0 radical (unpaired) electrons. The molecule has 2 aromatic carbocycles. The first-order valence-corrected chi connectivity index (χ1v) is 12.7. The standard InChI is InChI=1S/C31H34N4O3/c1-7-27(36)33-26-17-23(11-8-20(26)4)28-25-16-24(31(37)38-19(2)3)18-32-30(25)34-29(28)22-12-9-21(10-13-22)14-15-35(5)6/h7-13,16-19H,1,14-15H2,2-6H3,(H,32,34)(H,33,36). The monoisotopic (exact) mass is 510 g/mol. The highest BCUT2D eigenvalue weighted by Crippen LogP contribution is 2.39. The van der Waals surface area contributed by atoms with Gasteiger partial charge in [-0.3, -0.25) is 4.79 Å². The zero-order valence-electron chi connectivity index (χ0n) is 22.6. The van der Waals surface area contributed by atoms with Gasteiger partial charge in [0, 0.05) is 29.4 Å². The minimum absolute atomic E-state index is 0.237. The largest absolute Gasteiger partial charge is 0.459 e. The summed E-state index contributed by atoms with van der Waals surface area (Å²) in [5, 5.41) is 3.68. The summed E-state index contributed by atoms with van der Waals surface area (Å²) in [6.07, 6.45) is 3.50. The number of pyridine rings is 1. The second-order valence-electron chi connectivity index (χ2n) is 9.92. The predicted octanol–water partition coefficient (Wildman–Crippen LogP) is 6.00. The molecule has 2 N–H and O–H groups in total. The van der Waals surface area contributed by atoms with Crippen molar-refractivity contribution in [2.45, 2.75) is 33.3 Å². The molecule has 0 bridgehead atoms. The number of hydrogen-bond donors (Lipinski definition) is 2. The van der Waals surface area contributed by atoms with Crippen LogP contribution in [0.5, 0.6) is 0 Å². The quantitative estimate of drug-likeness (QED) is 0.213. The molecule has 7 nitrogen and oxygen atoms in total. The van der Waals surface area contributed by atoms with Crippen LogP contribution >= 0.6 is 0 Å². The molecule has 0 saturated heterocycles. The second-order valence-corrected chi connectivity index (χ2v) is 9.92. The average molecular weight is 511 g/mol. The maximum atomic E-state index is 12.7. The van der Waals surface area contributed by atoms with Crippen LogP contribution in [0.3, 0.4) is 0 Å². The van der Waals surface area contributed by atoms with Crippen molar-refractivity contribution in [2.24, 2.45) is 0 Å². The summed E-state index contributed by atoms with van der Waals surface area (Å²) in [6.45, 7) is 10.1. The van der Waals surface area contributed by atoms with E-state index in [2.05, 4.69) is 65.1 Å². The van der Waals surface area contributed by atoms with E-state index in [0.29, 0.717) is 16.9 Å². The van der Waals surface area contributed by atoms with E-state index >= 15 is 0 Å². The van der Waals surface area contributed by atoms with Crippen molar-refractivity contribution in [1.82, 2.24) is 14.9 Å². The fourth-order valence-corrected chi connectivity index (χ4v) is 4.27. The summed E-state index contributed by atoms with van der Waals surface area (Å²) in [7, 11) is 4.13. The lowest BCUT2D eigenvalue weighted by molar-refractivity contribution is -0.111. The third-order valence-electron chi connectivity index (χ3n) is 6.29. The highest BCUT2D eigenvalue weighted by Gasteiger charge is 2.20. The van der Waals surface area contributed by atoms with E-state index in [9.17, 15) is 9.59 Å². The van der Waals surface area contributed by atoms with Gasteiger partial charge in [0.2, 0.25) is 5.91 Å². The summed E-state index contributed by atoms with van der Waals surface area (Å²) in [5.74, 6) is -0.700. The smallest absolute Gasteiger partial charge is 0.339 e. The van der Waals surface area contributed by atoms with E-state index in [1.165, 1.54) is 17.8 Å². The summed E-state index contributed by atoms with van der Waals surface area (Å²) in [6, 6.07) is 16.2. The van der Waals surface area contributed by atoms with Crippen LogP contribution in [0.2, 0.25) is 0 Å². The Balaban J connectivity index is 1.87. The number of carbonyl (C=O) groups is 2. The molecule has 7 heteroatoms. The number of aromatic amines is 1. The van der Waals surface area contributed by atoms with E-state index in [0.717, 1.165) is 46.3 Å². The molecule has 0 atom stereocenters. The minimum atomic E-state index is -0.420. The first-order valence-electron chi connectivity index (χ1n) is 12.7. The lowest BCUT2D eigenvalue weighted by atomic mass is 9.96. The molecule has 1 amide bonds. The maximum Gasteiger partial charge on any atom is 0.339 e. The number of H-pyrrole nitrogens is 1. The van der Waals surface area contributed by atoms with Crippen molar-refractivity contribution in [1.29, 1.82) is 0 Å². The van der Waals surface area contributed by atoms with Gasteiger partial charge in [-0.25, -0.2) is 9.78 Å². The van der Waals surface area contributed by atoms with E-state index < -0.39 is 5.97 Å². The molecule has 0 unspecified atom stereocenters. The van der Waals surface area contributed by atoms with E-state index in [1.54, 1.807) is 0 Å². The Morgan fingerprint density at radius 2 is 1.82 bits per heavy atom. The molecule has 196 valence electrons. The number of anilines is 1. The maximum absolute atomic E-state index is 12.7. The first kappa shape index (κ1) is 26.8. The van der Waals surface area contributed by atoms with Gasteiger partial charge >= 0.3 is 5.97 Å². The van der Waals surface area contributed by atoms with Crippen LogP contribution in [0, 0.1) is 6.92 Å². The minimum Gasteiger partial charge on any atom is -0.459 e. The normalized spacial score (nSPS) is 11.2. The van der Waals surface area contributed by atoms with Gasteiger partial charge in [-0.15, -0.1) is 0 Å². The predicted molar refractivity (Wildman–Crippen MR) is 153 cm³/mol. The molecule has 0 aliphatic carbocycles. The molecule has 4 rings (SSSR count). The number of fused-ring (bicyclic) bond motifs is 1. The third kappa shape index (κ3) is 6.01. The van der Waals surface area contributed by atoms with Gasteiger partial charge in [0.25, 0.3) is 0 Å². The number of amides is 1. The number of carbonyl (C=O) groups excluding carboxylic acids is 2. The molecule has 0 aliphatic heterocycles. The molecule has 0 fully saturated rings. The number of aromatic nitrogens is 2. The van der Waals surface area contributed by atoms with Crippen molar-refractivity contribution >= 4 is 28.6 Å². The fourth-order valence-electron chi connectivity index (χ4n) is 4.27. The van der Waals surface area contributed by atoms with Gasteiger partial charge < -0.3 is 19.9 Å².